The van der Waals surface area contributed by atoms with Crippen LogP contribution in [0.3, 0.4) is 0 Å². The van der Waals surface area contributed by atoms with Gasteiger partial charge in [0, 0.05) is 25.1 Å². The largest absolute Gasteiger partial charge is 0.490 e. The van der Waals surface area contributed by atoms with Gasteiger partial charge in [0.05, 0.1) is 13.2 Å². The normalized spacial score (nSPS) is 19.3. The standard InChI is InChI=1S/C19H27NO3/c1-20(16-8-5-3-2-4-6-9-16)19(21)15-10-11-17-18(14-15)23-13-7-12-22-17/h10-11,14,16H,2-9,12-13H2,1H3. The predicted molar refractivity (Wildman–Crippen MR) is 90.2 cm³/mol. The topological polar surface area (TPSA) is 38.8 Å². The molecule has 0 spiro atoms. The molecule has 0 radical (unpaired) electrons. The van der Waals surface area contributed by atoms with Crippen molar-refractivity contribution in [2.24, 2.45) is 0 Å². The number of carbonyl (C=O) groups excluding carboxylic acids is 1. The third-order valence-electron chi connectivity index (χ3n) is 4.94. The zero-order valence-electron chi connectivity index (χ0n) is 14.1. The van der Waals surface area contributed by atoms with Crippen molar-refractivity contribution in [2.45, 2.75) is 57.4 Å². The average molecular weight is 317 g/mol. The molecule has 0 aromatic heterocycles. The first-order valence-electron chi connectivity index (χ1n) is 8.92. The molecule has 1 aromatic carbocycles. The highest BCUT2D eigenvalue weighted by atomic mass is 16.5. The number of amides is 1. The van der Waals surface area contributed by atoms with Gasteiger partial charge in [0.25, 0.3) is 5.91 Å². The molecule has 3 rings (SSSR count). The molecule has 0 saturated heterocycles. The first-order chi connectivity index (χ1) is 11.3. The van der Waals surface area contributed by atoms with E-state index in [0.717, 1.165) is 25.0 Å². The van der Waals surface area contributed by atoms with Crippen LogP contribution in [0.5, 0.6) is 11.5 Å². The SMILES string of the molecule is CN(C(=O)c1ccc2c(c1)OCCCO2)C1CCCCCCC1. The highest BCUT2D eigenvalue weighted by Gasteiger charge is 2.23. The Kier molecular flexibility index (Phi) is 5.42. The zero-order chi connectivity index (χ0) is 16.1. The number of hydrogen-bond donors (Lipinski definition) is 0. The fourth-order valence-corrected chi connectivity index (χ4v) is 3.49. The summed E-state index contributed by atoms with van der Waals surface area (Å²) in [6, 6.07) is 5.91. The van der Waals surface area contributed by atoms with Gasteiger partial charge in [-0.15, -0.1) is 0 Å². The van der Waals surface area contributed by atoms with Gasteiger partial charge < -0.3 is 14.4 Å². The van der Waals surface area contributed by atoms with E-state index < -0.39 is 0 Å². The molecule has 1 fully saturated rings. The molecule has 1 aromatic rings. The Morgan fingerprint density at radius 1 is 0.957 bits per heavy atom. The number of rotatable bonds is 2. The molecule has 2 aliphatic rings. The lowest BCUT2D eigenvalue weighted by atomic mass is 9.95. The van der Waals surface area contributed by atoms with E-state index in [1.807, 2.05) is 30.1 Å². The third-order valence-corrected chi connectivity index (χ3v) is 4.94. The van der Waals surface area contributed by atoms with Gasteiger partial charge in [-0.3, -0.25) is 4.79 Å². The Morgan fingerprint density at radius 3 is 2.35 bits per heavy atom. The summed E-state index contributed by atoms with van der Waals surface area (Å²) in [5, 5.41) is 0. The van der Waals surface area contributed by atoms with Crippen LogP contribution in [0.1, 0.15) is 61.7 Å². The fourth-order valence-electron chi connectivity index (χ4n) is 3.49. The quantitative estimate of drug-likeness (QED) is 0.826. The number of nitrogens with zero attached hydrogens (tertiary/aromatic N) is 1. The molecular weight excluding hydrogens is 290 g/mol. The Balaban J connectivity index is 1.72. The predicted octanol–water partition coefficient (Wildman–Crippen LogP) is 4.03. The van der Waals surface area contributed by atoms with Crippen LogP contribution in [0.15, 0.2) is 18.2 Å². The first-order valence-corrected chi connectivity index (χ1v) is 8.92. The number of carbonyl (C=O) groups is 1. The zero-order valence-corrected chi connectivity index (χ0v) is 14.1. The summed E-state index contributed by atoms with van der Waals surface area (Å²) in [5.41, 5.74) is 0.693. The van der Waals surface area contributed by atoms with Crippen LogP contribution in [-0.2, 0) is 0 Å². The molecule has 4 heteroatoms. The molecule has 1 aliphatic heterocycles. The van der Waals surface area contributed by atoms with Gasteiger partial charge in [-0.25, -0.2) is 0 Å². The minimum Gasteiger partial charge on any atom is -0.490 e. The second-order valence-electron chi connectivity index (χ2n) is 6.63. The van der Waals surface area contributed by atoms with E-state index in [0.29, 0.717) is 30.6 Å². The van der Waals surface area contributed by atoms with E-state index in [-0.39, 0.29) is 5.91 Å². The molecule has 1 amide bonds. The van der Waals surface area contributed by atoms with Gasteiger partial charge in [0.15, 0.2) is 11.5 Å². The average Bonchev–Trinajstić information content (AvgIpc) is 2.78. The smallest absolute Gasteiger partial charge is 0.253 e. The van der Waals surface area contributed by atoms with Crippen molar-refractivity contribution in [3.8, 4) is 11.5 Å². The van der Waals surface area contributed by atoms with Crippen molar-refractivity contribution < 1.29 is 14.3 Å². The molecule has 126 valence electrons. The Hall–Kier alpha value is -1.71. The van der Waals surface area contributed by atoms with Crippen LogP contribution in [0, 0.1) is 0 Å². The summed E-state index contributed by atoms with van der Waals surface area (Å²) < 4.78 is 11.3. The number of hydrogen-bond acceptors (Lipinski definition) is 3. The summed E-state index contributed by atoms with van der Waals surface area (Å²) in [5.74, 6) is 1.53. The van der Waals surface area contributed by atoms with Crippen LogP contribution in [-0.4, -0.2) is 37.1 Å². The van der Waals surface area contributed by atoms with Gasteiger partial charge in [-0.2, -0.15) is 0 Å². The minimum absolute atomic E-state index is 0.0891. The minimum atomic E-state index is 0.0891. The summed E-state index contributed by atoms with van der Waals surface area (Å²) in [4.78, 5) is 14.8. The van der Waals surface area contributed by atoms with Crippen LogP contribution >= 0.6 is 0 Å². The summed E-state index contributed by atoms with van der Waals surface area (Å²) in [6.07, 6.45) is 9.49. The molecule has 0 atom stereocenters. The Bertz CT molecular complexity index is 535. The molecule has 1 heterocycles. The van der Waals surface area contributed by atoms with Crippen molar-refractivity contribution in [1.82, 2.24) is 4.90 Å². The van der Waals surface area contributed by atoms with E-state index >= 15 is 0 Å². The summed E-state index contributed by atoms with van der Waals surface area (Å²) in [7, 11) is 1.94. The molecule has 0 unspecified atom stereocenters. The van der Waals surface area contributed by atoms with Crippen molar-refractivity contribution >= 4 is 5.91 Å². The maximum Gasteiger partial charge on any atom is 0.253 e. The number of fused-ring (bicyclic) bond motifs is 1. The van der Waals surface area contributed by atoms with Crippen molar-refractivity contribution in [3.63, 3.8) is 0 Å². The Morgan fingerprint density at radius 2 is 1.61 bits per heavy atom. The maximum atomic E-state index is 12.8. The highest BCUT2D eigenvalue weighted by Crippen LogP contribution is 2.31. The van der Waals surface area contributed by atoms with Crippen molar-refractivity contribution in [1.29, 1.82) is 0 Å². The molecule has 0 bridgehead atoms. The molecule has 1 saturated carbocycles. The third kappa shape index (κ3) is 3.98. The fraction of sp³-hybridized carbons (Fsp3) is 0.632. The van der Waals surface area contributed by atoms with E-state index in [2.05, 4.69) is 0 Å². The lowest BCUT2D eigenvalue weighted by Gasteiger charge is -2.30. The van der Waals surface area contributed by atoms with E-state index in [1.165, 1.54) is 32.1 Å². The van der Waals surface area contributed by atoms with Crippen LogP contribution < -0.4 is 9.47 Å². The molecule has 1 aliphatic carbocycles. The number of benzene rings is 1. The Labute approximate surface area is 138 Å². The maximum absolute atomic E-state index is 12.8. The molecule has 0 N–H and O–H groups in total. The van der Waals surface area contributed by atoms with Crippen molar-refractivity contribution in [2.75, 3.05) is 20.3 Å². The van der Waals surface area contributed by atoms with Crippen LogP contribution in [0.25, 0.3) is 0 Å². The first kappa shape index (κ1) is 16.2. The lowest BCUT2D eigenvalue weighted by Crippen LogP contribution is -2.37. The van der Waals surface area contributed by atoms with Gasteiger partial charge in [0.1, 0.15) is 0 Å². The van der Waals surface area contributed by atoms with Gasteiger partial charge in [-0.1, -0.05) is 32.1 Å². The molecule has 4 nitrogen and oxygen atoms in total. The van der Waals surface area contributed by atoms with Gasteiger partial charge in [-0.05, 0) is 31.0 Å². The monoisotopic (exact) mass is 317 g/mol. The summed E-state index contributed by atoms with van der Waals surface area (Å²) >= 11 is 0. The number of ether oxygens (including phenoxy) is 2. The van der Waals surface area contributed by atoms with Crippen LogP contribution in [0.4, 0.5) is 0 Å². The molecule has 23 heavy (non-hydrogen) atoms. The second kappa shape index (κ2) is 7.71. The van der Waals surface area contributed by atoms with E-state index in [4.69, 9.17) is 9.47 Å². The van der Waals surface area contributed by atoms with E-state index in [1.54, 1.807) is 0 Å². The lowest BCUT2D eigenvalue weighted by molar-refractivity contribution is 0.0706. The highest BCUT2D eigenvalue weighted by molar-refractivity contribution is 5.95. The van der Waals surface area contributed by atoms with Gasteiger partial charge >= 0.3 is 0 Å². The summed E-state index contributed by atoms with van der Waals surface area (Å²) in [6.45, 7) is 1.31. The van der Waals surface area contributed by atoms with E-state index in [9.17, 15) is 4.79 Å². The van der Waals surface area contributed by atoms with Crippen LogP contribution in [0.2, 0.25) is 0 Å². The molecular formula is C19H27NO3. The van der Waals surface area contributed by atoms with Gasteiger partial charge in [0.2, 0.25) is 0 Å². The second-order valence-corrected chi connectivity index (χ2v) is 6.63. The van der Waals surface area contributed by atoms with Crippen molar-refractivity contribution in [3.05, 3.63) is 23.8 Å².